The Morgan fingerprint density at radius 1 is 1.50 bits per heavy atom. The summed E-state index contributed by atoms with van der Waals surface area (Å²) in [4.78, 5) is 15.5. The second-order valence-electron chi connectivity index (χ2n) is 3.70. The number of nitrogens with one attached hydrogen (secondary N) is 2. The van der Waals surface area contributed by atoms with E-state index in [0.717, 1.165) is 24.2 Å². The van der Waals surface area contributed by atoms with Crippen molar-refractivity contribution < 1.29 is 4.79 Å². The van der Waals surface area contributed by atoms with Gasteiger partial charge in [-0.15, -0.1) is 0 Å². The molecule has 1 amide bonds. The number of aryl methyl sites for hydroxylation is 1. The van der Waals surface area contributed by atoms with E-state index in [-0.39, 0.29) is 5.91 Å². The third kappa shape index (κ3) is 4.40. The molecule has 0 aliphatic heterocycles. The van der Waals surface area contributed by atoms with Gasteiger partial charge >= 0.3 is 0 Å². The molecular formula is C12H19N3O. The van der Waals surface area contributed by atoms with E-state index in [1.54, 1.807) is 6.20 Å². The van der Waals surface area contributed by atoms with Gasteiger partial charge in [-0.1, -0.05) is 13.0 Å². The van der Waals surface area contributed by atoms with Gasteiger partial charge in [0.15, 0.2) is 0 Å². The van der Waals surface area contributed by atoms with Crippen molar-refractivity contribution in [3.63, 3.8) is 0 Å². The third-order valence-electron chi connectivity index (χ3n) is 2.29. The SMILES string of the molecule is CCCNC(=O)CNCc1cccnc1C. The molecule has 1 rings (SSSR count). The summed E-state index contributed by atoms with van der Waals surface area (Å²) in [6.45, 7) is 5.78. The lowest BCUT2D eigenvalue weighted by Gasteiger charge is -2.07. The number of aromatic nitrogens is 1. The first-order valence-electron chi connectivity index (χ1n) is 5.62. The van der Waals surface area contributed by atoms with Gasteiger partial charge in [-0.2, -0.15) is 0 Å². The Morgan fingerprint density at radius 3 is 3.00 bits per heavy atom. The minimum atomic E-state index is 0.0448. The van der Waals surface area contributed by atoms with Crippen LogP contribution >= 0.6 is 0 Å². The first kappa shape index (κ1) is 12.6. The second-order valence-corrected chi connectivity index (χ2v) is 3.70. The summed E-state index contributed by atoms with van der Waals surface area (Å²) in [5.74, 6) is 0.0448. The summed E-state index contributed by atoms with van der Waals surface area (Å²) in [5, 5.41) is 5.92. The zero-order valence-electron chi connectivity index (χ0n) is 9.92. The van der Waals surface area contributed by atoms with Crippen LogP contribution in [0.25, 0.3) is 0 Å². The first-order chi connectivity index (χ1) is 7.74. The van der Waals surface area contributed by atoms with E-state index in [4.69, 9.17) is 0 Å². The van der Waals surface area contributed by atoms with Gasteiger partial charge in [-0.05, 0) is 25.0 Å². The molecule has 0 radical (unpaired) electrons. The highest BCUT2D eigenvalue weighted by atomic mass is 16.1. The summed E-state index contributed by atoms with van der Waals surface area (Å²) in [7, 11) is 0. The Labute approximate surface area is 96.5 Å². The number of amides is 1. The summed E-state index contributed by atoms with van der Waals surface area (Å²) in [6, 6.07) is 3.92. The molecule has 16 heavy (non-hydrogen) atoms. The summed E-state index contributed by atoms with van der Waals surface area (Å²) in [5.41, 5.74) is 2.13. The minimum absolute atomic E-state index is 0.0448. The Balaban J connectivity index is 2.25. The quantitative estimate of drug-likeness (QED) is 0.753. The van der Waals surface area contributed by atoms with Crippen LogP contribution in [0.4, 0.5) is 0 Å². The van der Waals surface area contributed by atoms with Gasteiger partial charge in [-0.25, -0.2) is 0 Å². The van der Waals surface area contributed by atoms with Crippen molar-refractivity contribution in [2.45, 2.75) is 26.8 Å². The maximum Gasteiger partial charge on any atom is 0.233 e. The molecule has 0 unspecified atom stereocenters. The van der Waals surface area contributed by atoms with E-state index in [0.29, 0.717) is 13.1 Å². The van der Waals surface area contributed by atoms with Crippen molar-refractivity contribution >= 4 is 5.91 Å². The van der Waals surface area contributed by atoms with Crippen molar-refractivity contribution in [1.29, 1.82) is 0 Å². The van der Waals surface area contributed by atoms with Crippen LogP contribution in [0.15, 0.2) is 18.3 Å². The molecule has 0 spiro atoms. The average Bonchev–Trinajstić information content (AvgIpc) is 2.29. The molecule has 4 nitrogen and oxygen atoms in total. The minimum Gasteiger partial charge on any atom is -0.355 e. The molecule has 0 aliphatic rings. The van der Waals surface area contributed by atoms with Crippen molar-refractivity contribution in [2.75, 3.05) is 13.1 Å². The van der Waals surface area contributed by atoms with E-state index in [1.165, 1.54) is 0 Å². The summed E-state index contributed by atoms with van der Waals surface area (Å²) >= 11 is 0. The Bertz CT molecular complexity index is 339. The molecule has 0 atom stereocenters. The molecule has 4 heteroatoms. The van der Waals surface area contributed by atoms with Crippen molar-refractivity contribution in [2.24, 2.45) is 0 Å². The van der Waals surface area contributed by atoms with Gasteiger partial charge in [0.2, 0.25) is 5.91 Å². The van der Waals surface area contributed by atoms with Crippen LogP contribution in [0.2, 0.25) is 0 Å². The van der Waals surface area contributed by atoms with Crippen LogP contribution in [0.3, 0.4) is 0 Å². The molecule has 1 heterocycles. The fraction of sp³-hybridized carbons (Fsp3) is 0.500. The molecule has 0 aliphatic carbocycles. The normalized spacial score (nSPS) is 10.1. The molecule has 88 valence electrons. The molecule has 2 N–H and O–H groups in total. The van der Waals surface area contributed by atoms with Crippen LogP contribution in [-0.4, -0.2) is 24.0 Å². The smallest absolute Gasteiger partial charge is 0.233 e. The van der Waals surface area contributed by atoms with Crippen molar-refractivity contribution in [3.8, 4) is 0 Å². The standard InChI is InChI=1S/C12H19N3O/c1-3-6-15-12(16)9-13-8-11-5-4-7-14-10(11)2/h4-5,7,13H,3,6,8-9H2,1-2H3,(H,15,16). The second kappa shape index (κ2) is 6.95. The van der Waals surface area contributed by atoms with Gasteiger partial charge in [0.05, 0.1) is 6.54 Å². The highest BCUT2D eigenvalue weighted by Gasteiger charge is 2.01. The Kier molecular flexibility index (Phi) is 5.50. The van der Waals surface area contributed by atoms with Crippen LogP contribution in [0.1, 0.15) is 24.6 Å². The predicted molar refractivity (Wildman–Crippen MR) is 64.0 cm³/mol. The van der Waals surface area contributed by atoms with E-state index < -0.39 is 0 Å². The lowest BCUT2D eigenvalue weighted by atomic mass is 10.2. The number of nitrogens with zero attached hydrogens (tertiary/aromatic N) is 1. The fourth-order valence-electron chi connectivity index (χ4n) is 1.34. The predicted octanol–water partition coefficient (Wildman–Crippen LogP) is 1.01. The topological polar surface area (TPSA) is 54.0 Å². The van der Waals surface area contributed by atoms with Gasteiger partial charge < -0.3 is 10.6 Å². The van der Waals surface area contributed by atoms with Crippen molar-refractivity contribution in [3.05, 3.63) is 29.6 Å². The zero-order valence-corrected chi connectivity index (χ0v) is 9.92. The molecule has 0 saturated heterocycles. The van der Waals surface area contributed by atoms with Gasteiger partial charge in [0.1, 0.15) is 0 Å². The highest BCUT2D eigenvalue weighted by molar-refractivity contribution is 5.77. The number of hydrogen-bond donors (Lipinski definition) is 2. The summed E-state index contributed by atoms with van der Waals surface area (Å²) < 4.78 is 0. The lowest BCUT2D eigenvalue weighted by Crippen LogP contribution is -2.34. The monoisotopic (exact) mass is 221 g/mol. The Hall–Kier alpha value is -1.42. The number of rotatable bonds is 6. The van der Waals surface area contributed by atoms with E-state index in [2.05, 4.69) is 15.6 Å². The molecule has 1 aromatic rings. The van der Waals surface area contributed by atoms with Crippen LogP contribution in [0.5, 0.6) is 0 Å². The van der Waals surface area contributed by atoms with Crippen LogP contribution < -0.4 is 10.6 Å². The van der Waals surface area contributed by atoms with Crippen LogP contribution in [-0.2, 0) is 11.3 Å². The lowest BCUT2D eigenvalue weighted by molar-refractivity contribution is -0.120. The molecule has 0 saturated carbocycles. The van der Waals surface area contributed by atoms with Crippen LogP contribution in [0, 0.1) is 6.92 Å². The zero-order chi connectivity index (χ0) is 11.8. The van der Waals surface area contributed by atoms with Crippen molar-refractivity contribution in [1.82, 2.24) is 15.6 Å². The molecule has 0 aromatic carbocycles. The number of hydrogen-bond acceptors (Lipinski definition) is 3. The van der Waals surface area contributed by atoms with E-state index >= 15 is 0 Å². The largest absolute Gasteiger partial charge is 0.355 e. The molecular weight excluding hydrogens is 202 g/mol. The van der Waals surface area contributed by atoms with Gasteiger partial charge in [0.25, 0.3) is 0 Å². The number of carbonyl (C=O) groups excluding carboxylic acids is 1. The van der Waals surface area contributed by atoms with Gasteiger partial charge in [0, 0.05) is 25.0 Å². The molecule has 0 fully saturated rings. The van der Waals surface area contributed by atoms with E-state index in [1.807, 2.05) is 26.0 Å². The summed E-state index contributed by atoms with van der Waals surface area (Å²) in [6.07, 6.45) is 2.74. The molecule has 0 bridgehead atoms. The molecule has 1 aromatic heterocycles. The van der Waals surface area contributed by atoms with E-state index in [9.17, 15) is 4.79 Å². The number of pyridine rings is 1. The third-order valence-corrected chi connectivity index (χ3v) is 2.29. The van der Waals surface area contributed by atoms with Gasteiger partial charge in [-0.3, -0.25) is 9.78 Å². The fourth-order valence-corrected chi connectivity index (χ4v) is 1.34. The maximum absolute atomic E-state index is 11.3. The highest BCUT2D eigenvalue weighted by Crippen LogP contribution is 2.01. The number of carbonyl (C=O) groups is 1. The average molecular weight is 221 g/mol. The Morgan fingerprint density at radius 2 is 2.31 bits per heavy atom. The first-order valence-corrected chi connectivity index (χ1v) is 5.62. The maximum atomic E-state index is 11.3.